The molecule has 0 N–H and O–H groups in total. The Morgan fingerprint density at radius 2 is 1.76 bits per heavy atom. The molecule has 1 saturated carbocycles. The molecule has 114 valence electrons. The summed E-state index contributed by atoms with van der Waals surface area (Å²) in [5.41, 5.74) is 1.07. The minimum Gasteiger partial charge on any atom is -0.356 e. The van der Waals surface area contributed by atoms with Gasteiger partial charge in [0.25, 0.3) is 0 Å². The molecule has 2 aliphatic heterocycles. The molecule has 3 fully saturated rings. The Bertz CT molecular complexity index is 483. The second-order valence-electron chi connectivity index (χ2n) is 7.31. The van der Waals surface area contributed by atoms with E-state index in [4.69, 9.17) is 0 Å². The van der Waals surface area contributed by atoms with Gasteiger partial charge < -0.3 is 9.80 Å². The summed E-state index contributed by atoms with van der Waals surface area (Å²) >= 11 is 0. The quantitative estimate of drug-likeness (QED) is 0.854. The van der Waals surface area contributed by atoms with Gasteiger partial charge in [-0.3, -0.25) is 0 Å². The van der Waals surface area contributed by atoms with Gasteiger partial charge in [-0.2, -0.15) is 0 Å². The second kappa shape index (κ2) is 5.56. The molecule has 2 saturated heterocycles. The summed E-state index contributed by atoms with van der Waals surface area (Å²) in [6, 6.07) is 2.12. The van der Waals surface area contributed by atoms with E-state index in [-0.39, 0.29) is 0 Å². The van der Waals surface area contributed by atoms with E-state index in [0.29, 0.717) is 0 Å². The average molecular weight is 286 g/mol. The van der Waals surface area contributed by atoms with Gasteiger partial charge in [0.2, 0.25) is 0 Å². The maximum atomic E-state index is 4.45. The Kier molecular flexibility index (Phi) is 3.57. The summed E-state index contributed by atoms with van der Waals surface area (Å²) < 4.78 is 0. The van der Waals surface area contributed by atoms with Crippen molar-refractivity contribution in [1.29, 1.82) is 0 Å². The SMILES string of the molecule is Cc1cc(N2CC3CN(CC4CCCC4)CC3C2)ncn1. The van der Waals surface area contributed by atoms with Gasteiger partial charge in [0.1, 0.15) is 12.1 Å². The number of aromatic nitrogens is 2. The van der Waals surface area contributed by atoms with E-state index in [1.54, 1.807) is 6.33 Å². The third-order valence-electron chi connectivity index (χ3n) is 5.67. The van der Waals surface area contributed by atoms with Gasteiger partial charge in [0, 0.05) is 44.5 Å². The van der Waals surface area contributed by atoms with Crippen LogP contribution in [0.1, 0.15) is 31.4 Å². The average Bonchev–Trinajstić information content (AvgIpc) is 3.14. The molecule has 2 atom stereocenters. The van der Waals surface area contributed by atoms with Crippen LogP contribution in [0.2, 0.25) is 0 Å². The number of aryl methyl sites for hydroxylation is 1. The van der Waals surface area contributed by atoms with Crippen LogP contribution in [0.3, 0.4) is 0 Å². The zero-order chi connectivity index (χ0) is 14.2. The number of likely N-dealkylation sites (tertiary alicyclic amines) is 1. The fraction of sp³-hybridized carbons (Fsp3) is 0.765. The van der Waals surface area contributed by atoms with Crippen LogP contribution in [0.15, 0.2) is 12.4 Å². The highest BCUT2D eigenvalue weighted by Crippen LogP contribution is 2.35. The summed E-state index contributed by atoms with van der Waals surface area (Å²) in [5.74, 6) is 3.81. The molecule has 1 aromatic heterocycles. The van der Waals surface area contributed by atoms with Crippen LogP contribution < -0.4 is 4.90 Å². The van der Waals surface area contributed by atoms with Gasteiger partial charge in [0.05, 0.1) is 0 Å². The number of hydrogen-bond donors (Lipinski definition) is 0. The number of anilines is 1. The van der Waals surface area contributed by atoms with Gasteiger partial charge in [-0.15, -0.1) is 0 Å². The van der Waals surface area contributed by atoms with E-state index < -0.39 is 0 Å². The lowest BCUT2D eigenvalue weighted by Gasteiger charge is -2.24. The molecular weight excluding hydrogens is 260 g/mol. The van der Waals surface area contributed by atoms with E-state index in [2.05, 4.69) is 25.8 Å². The molecule has 0 radical (unpaired) electrons. The third-order valence-corrected chi connectivity index (χ3v) is 5.67. The molecule has 1 aliphatic carbocycles. The first-order valence-corrected chi connectivity index (χ1v) is 8.54. The molecular formula is C17H26N4. The van der Waals surface area contributed by atoms with E-state index >= 15 is 0 Å². The Morgan fingerprint density at radius 3 is 2.43 bits per heavy atom. The Hall–Kier alpha value is -1.16. The van der Waals surface area contributed by atoms with Crippen LogP contribution in [0.4, 0.5) is 5.82 Å². The van der Waals surface area contributed by atoms with Crippen LogP contribution in [-0.2, 0) is 0 Å². The molecule has 4 rings (SSSR count). The van der Waals surface area contributed by atoms with E-state index in [9.17, 15) is 0 Å². The van der Waals surface area contributed by atoms with Crippen LogP contribution in [-0.4, -0.2) is 47.6 Å². The van der Waals surface area contributed by atoms with E-state index in [0.717, 1.165) is 29.3 Å². The molecule has 21 heavy (non-hydrogen) atoms. The predicted octanol–water partition coefficient (Wildman–Crippen LogP) is 2.34. The Morgan fingerprint density at radius 1 is 1.05 bits per heavy atom. The molecule has 0 bridgehead atoms. The number of fused-ring (bicyclic) bond motifs is 1. The lowest BCUT2D eigenvalue weighted by atomic mass is 10.0. The predicted molar refractivity (Wildman–Crippen MR) is 84.4 cm³/mol. The number of rotatable bonds is 3. The third kappa shape index (κ3) is 2.78. The first-order chi connectivity index (χ1) is 10.3. The summed E-state index contributed by atoms with van der Waals surface area (Å²) in [6.07, 6.45) is 7.57. The van der Waals surface area contributed by atoms with Gasteiger partial charge >= 0.3 is 0 Å². The lowest BCUT2D eigenvalue weighted by Crippen LogP contribution is -2.32. The van der Waals surface area contributed by atoms with E-state index in [1.165, 1.54) is 58.4 Å². The van der Waals surface area contributed by atoms with Crippen molar-refractivity contribution in [3.63, 3.8) is 0 Å². The van der Waals surface area contributed by atoms with Crippen molar-refractivity contribution < 1.29 is 0 Å². The van der Waals surface area contributed by atoms with Gasteiger partial charge in [-0.25, -0.2) is 9.97 Å². The molecule has 0 aromatic carbocycles. The van der Waals surface area contributed by atoms with Crippen molar-refractivity contribution in [1.82, 2.24) is 14.9 Å². The summed E-state index contributed by atoms with van der Waals surface area (Å²) in [7, 11) is 0. The van der Waals surface area contributed by atoms with Crippen LogP contribution in [0, 0.1) is 24.7 Å². The fourth-order valence-corrected chi connectivity index (χ4v) is 4.60. The van der Waals surface area contributed by atoms with Crippen molar-refractivity contribution in [2.24, 2.45) is 17.8 Å². The minimum absolute atomic E-state index is 0.849. The maximum absolute atomic E-state index is 4.45. The normalized spacial score (nSPS) is 30.2. The molecule has 2 unspecified atom stereocenters. The van der Waals surface area contributed by atoms with Crippen molar-refractivity contribution in [2.75, 3.05) is 37.6 Å². The summed E-state index contributed by atoms with van der Waals surface area (Å²) in [5, 5.41) is 0. The lowest BCUT2D eigenvalue weighted by molar-refractivity contribution is 0.264. The van der Waals surface area contributed by atoms with Crippen LogP contribution in [0.25, 0.3) is 0 Å². The Balaban J connectivity index is 1.35. The zero-order valence-electron chi connectivity index (χ0n) is 13.0. The zero-order valence-corrected chi connectivity index (χ0v) is 13.0. The van der Waals surface area contributed by atoms with E-state index in [1.807, 2.05) is 6.92 Å². The molecule has 3 heterocycles. The van der Waals surface area contributed by atoms with Gasteiger partial charge in [-0.1, -0.05) is 12.8 Å². The topological polar surface area (TPSA) is 32.3 Å². The van der Waals surface area contributed by atoms with Gasteiger partial charge in [-0.05, 0) is 37.5 Å². The fourth-order valence-electron chi connectivity index (χ4n) is 4.60. The van der Waals surface area contributed by atoms with Crippen LogP contribution >= 0.6 is 0 Å². The standard InChI is InChI=1S/C17H26N4/c1-13-6-17(19-12-18-13)21-10-15-8-20(9-16(15)11-21)7-14-4-2-3-5-14/h6,12,14-16H,2-5,7-11H2,1H3. The van der Waals surface area contributed by atoms with Crippen LogP contribution in [0.5, 0.6) is 0 Å². The molecule has 4 heteroatoms. The van der Waals surface area contributed by atoms with Crippen molar-refractivity contribution in [3.05, 3.63) is 18.1 Å². The Labute approximate surface area is 127 Å². The largest absolute Gasteiger partial charge is 0.356 e. The maximum Gasteiger partial charge on any atom is 0.132 e. The monoisotopic (exact) mass is 286 g/mol. The van der Waals surface area contributed by atoms with Crippen molar-refractivity contribution >= 4 is 5.82 Å². The minimum atomic E-state index is 0.849. The molecule has 4 nitrogen and oxygen atoms in total. The molecule has 1 aromatic rings. The highest BCUT2D eigenvalue weighted by molar-refractivity contribution is 5.40. The highest BCUT2D eigenvalue weighted by atomic mass is 15.3. The molecule has 0 spiro atoms. The molecule has 0 amide bonds. The first-order valence-electron chi connectivity index (χ1n) is 8.54. The number of nitrogens with zero attached hydrogens (tertiary/aromatic N) is 4. The molecule has 3 aliphatic rings. The highest BCUT2D eigenvalue weighted by Gasteiger charge is 2.40. The van der Waals surface area contributed by atoms with Crippen molar-refractivity contribution in [3.8, 4) is 0 Å². The summed E-state index contributed by atoms with van der Waals surface area (Å²) in [6.45, 7) is 8.39. The summed E-state index contributed by atoms with van der Waals surface area (Å²) in [4.78, 5) is 13.9. The second-order valence-corrected chi connectivity index (χ2v) is 7.31. The van der Waals surface area contributed by atoms with Gasteiger partial charge in [0.15, 0.2) is 0 Å². The first kappa shape index (κ1) is 13.5. The smallest absolute Gasteiger partial charge is 0.132 e. The number of hydrogen-bond acceptors (Lipinski definition) is 4. The van der Waals surface area contributed by atoms with Crippen molar-refractivity contribution in [2.45, 2.75) is 32.6 Å².